The molecule has 1 aliphatic rings. The van der Waals surface area contributed by atoms with Crippen LogP contribution in [-0.4, -0.2) is 12.5 Å². The van der Waals surface area contributed by atoms with Crippen LogP contribution in [0.1, 0.15) is 30.0 Å². The van der Waals surface area contributed by atoms with Gasteiger partial charge in [-0.1, -0.05) is 54.1 Å². The normalized spacial score (nSPS) is 16.1. The van der Waals surface area contributed by atoms with E-state index in [1.807, 2.05) is 54.6 Å². The minimum atomic E-state index is -0.388. The van der Waals surface area contributed by atoms with Crippen LogP contribution >= 0.6 is 24.0 Å². The fourth-order valence-corrected chi connectivity index (χ4v) is 2.86. The van der Waals surface area contributed by atoms with Crippen molar-refractivity contribution in [3.8, 4) is 0 Å². The van der Waals surface area contributed by atoms with Gasteiger partial charge in [-0.25, -0.2) is 0 Å². The summed E-state index contributed by atoms with van der Waals surface area (Å²) in [5.74, 6) is 0.0567. The maximum absolute atomic E-state index is 12.5. The number of nitrogens with one attached hydrogen (secondary N) is 1. The van der Waals surface area contributed by atoms with Crippen molar-refractivity contribution in [3.05, 3.63) is 70.7 Å². The van der Waals surface area contributed by atoms with E-state index in [2.05, 4.69) is 5.32 Å². The van der Waals surface area contributed by atoms with E-state index in [9.17, 15) is 4.79 Å². The Balaban J connectivity index is 0.00000192. The molecule has 0 aromatic heterocycles. The van der Waals surface area contributed by atoms with Crippen molar-refractivity contribution >= 4 is 29.9 Å². The van der Waals surface area contributed by atoms with Gasteiger partial charge in [0.2, 0.25) is 5.91 Å². The molecule has 23 heavy (non-hydrogen) atoms. The molecule has 0 saturated heterocycles. The SMILES string of the molecule is Cl.NC(CNC(=O)C1(c2ccc(Cl)cc2)CC1)c1ccccc1. The highest BCUT2D eigenvalue weighted by Gasteiger charge is 2.51. The van der Waals surface area contributed by atoms with E-state index in [0.29, 0.717) is 11.6 Å². The average Bonchev–Trinajstić information content (AvgIpc) is 3.35. The van der Waals surface area contributed by atoms with Gasteiger partial charge in [-0.2, -0.15) is 0 Å². The highest BCUT2D eigenvalue weighted by molar-refractivity contribution is 6.30. The summed E-state index contributed by atoms with van der Waals surface area (Å²) >= 11 is 5.92. The fraction of sp³-hybridized carbons (Fsp3) is 0.278. The number of amides is 1. The summed E-state index contributed by atoms with van der Waals surface area (Å²) in [4.78, 5) is 12.5. The minimum Gasteiger partial charge on any atom is -0.353 e. The molecule has 3 N–H and O–H groups in total. The first kappa shape index (κ1) is 17.8. The largest absolute Gasteiger partial charge is 0.353 e. The zero-order valence-electron chi connectivity index (χ0n) is 12.7. The lowest BCUT2D eigenvalue weighted by molar-refractivity contribution is -0.123. The van der Waals surface area contributed by atoms with E-state index in [4.69, 9.17) is 17.3 Å². The number of carbonyl (C=O) groups is 1. The molecule has 5 heteroatoms. The van der Waals surface area contributed by atoms with Crippen LogP contribution in [0.25, 0.3) is 0 Å². The number of hydrogen-bond donors (Lipinski definition) is 2. The lowest BCUT2D eigenvalue weighted by atomic mass is 9.95. The van der Waals surface area contributed by atoms with Crippen molar-refractivity contribution in [2.24, 2.45) is 5.73 Å². The van der Waals surface area contributed by atoms with Gasteiger partial charge < -0.3 is 11.1 Å². The lowest BCUT2D eigenvalue weighted by Crippen LogP contribution is -2.38. The van der Waals surface area contributed by atoms with Crippen LogP contribution in [0, 0.1) is 0 Å². The topological polar surface area (TPSA) is 55.1 Å². The molecule has 122 valence electrons. The van der Waals surface area contributed by atoms with Crippen molar-refractivity contribution in [3.63, 3.8) is 0 Å². The Bertz CT molecular complexity index is 654. The molecule has 2 aromatic rings. The Labute approximate surface area is 147 Å². The molecule has 1 atom stereocenters. The summed E-state index contributed by atoms with van der Waals surface area (Å²) < 4.78 is 0. The predicted molar refractivity (Wildman–Crippen MR) is 96.0 cm³/mol. The van der Waals surface area contributed by atoms with Gasteiger partial charge in [-0.3, -0.25) is 4.79 Å². The molecule has 0 heterocycles. The highest BCUT2D eigenvalue weighted by Crippen LogP contribution is 2.48. The number of hydrogen-bond acceptors (Lipinski definition) is 2. The van der Waals surface area contributed by atoms with E-state index in [0.717, 1.165) is 24.0 Å². The van der Waals surface area contributed by atoms with Crippen molar-refractivity contribution in [1.29, 1.82) is 0 Å². The summed E-state index contributed by atoms with van der Waals surface area (Å²) in [6, 6.07) is 17.2. The quantitative estimate of drug-likeness (QED) is 0.865. The monoisotopic (exact) mass is 350 g/mol. The van der Waals surface area contributed by atoms with Crippen LogP contribution in [0.2, 0.25) is 5.02 Å². The van der Waals surface area contributed by atoms with E-state index in [1.165, 1.54) is 0 Å². The Morgan fingerprint density at radius 2 is 1.74 bits per heavy atom. The first-order valence-electron chi connectivity index (χ1n) is 7.47. The van der Waals surface area contributed by atoms with Gasteiger partial charge >= 0.3 is 0 Å². The molecule has 0 aliphatic heterocycles. The highest BCUT2D eigenvalue weighted by atomic mass is 35.5. The molecule has 1 fully saturated rings. The Morgan fingerprint density at radius 3 is 2.30 bits per heavy atom. The maximum Gasteiger partial charge on any atom is 0.230 e. The maximum atomic E-state index is 12.5. The third-order valence-corrected chi connectivity index (χ3v) is 4.54. The van der Waals surface area contributed by atoms with E-state index in [1.54, 1.807) is 0 Å². The van der Waals surface area contributed by atoms with Crippen LogP contribution in [-0.2, 0) is 10.2 Å². The summed E-state index contributed by atoms with van der Waals surface area (Å²) in [5.41, 5.74) is 7.80. The molecule has 3 nitrogen and oxygen atoms in total. The predicted octanol–water partition coefficient (Wildman–Crippen LogP) is 3.61. The standard InChI is InChI=1S/C18H19ClN2O.ClH/c19-15-8-6-14(7-9-15)18(10-11-18)17(22)21-12-16(20)13-4-2-1-3-5-13;/h1-9,16H,10-12,20H2,(H,21,22);1H. The number of carbonyl (C=O) groups excluding carboxylic acids is 1. The average molecular weight is 351 g/mol. The molecule has 1 unspecified atom stereocenters. The molecular weight excluding hydrogens is 331 g/mol. The van der Waals surface area contributed by atoms with Gasteiger partial charge in [0, 0.05) is 17.6 Å². The van der Waals surface area contributed by atoms with E-state index < -0.39 is 0 Å². The van der Waals surface area contributed by atoms with Crippen molar-refractivity contribution in [2.75, 3.05) is 6.54 Å². The van der Waals surface area contributed by atoms with Crippen LogP contribution in [0.5, 0.6) is 0 Å². The van der Waals surface area contributed by atoms with E-state index in [-0.39, 0.29) is 29.8 Å². The lowest BCUT2D eigenvalue weighted by Gasteiger charge is -2.18. The molecule has 1 amide bonds. The van der Waals surface area contributed by atoms with Gasteiger partial charge in [0.25, 0.3) is 0 Å². The number of benzene rings is 2. The second kappa shape index (κ2) is 7.35. The molecule has 1 aliphatic carbocycles. The third-order valence-electron chi connectivity index (χ3n) is 4.29. The molecule has 0 bridgehead atoms. The molecule has 0 radical (unpaired) electrons. The third kappa shape index (κ3) is 3.86. The number of rotatable bonds is 5. The molecule has 0 spiro atoms. The first-order valence-corrected chi connectivity index (χ1v) is 7.84. The molecular formula is C18H20Cl2N2O. The summed E-state index contributed by atoms with van der Waals surface area (Å²) in [5, 5.41) is 3.69. The van der Waals surface area contributed by atoms with Crippen LogP contribution in [0.15, 0.2) is 54.6 Å². The Hall–Kier alpha value is -1.55. The fourth-order valence-electron chi connectivity index (χ4n) is 2.73. The van der Waals surface area contributed by atoms with Crippen molar-refractivity contribution in [1.82, 2.24) is 5.32 Å². The van der Waals surface area contributed by atoms with Crippen LogP contribution < -0.4 is 11.1 Å². The molecule has 3 rings (SSSR count). The summed E-state index contributed by atoms with van der Waals surface area (Å²) in [6.07, 6.45) is 1.75. The first-order chi connectivity index (χ1) is 10.6. The van der Waals surface area contributed by atoms with E-state index >= 15 is 0 Å². The second-order valence-corrected chi connectivity index (χ2v) is 6.25. The Morgan fingerprint density at radius 1 is 1.13 bits per heavy atom. The summed E-state index contributed by atoms with van der Waals surface area (Å²) in [6.45, 7) is 0.443. The van der Waals surface area contributed by atoms with Gasteiger partial charge in [0.15, 0.2) is 0 Å². The van der Waals surface area contributed by atoms with Crippen molar-refractivity contribution < 1.29 is 4.79 Å². The zero-order chi connectivity index (χ0) is 15.6. The van der Waals surface area contributed by atoms with Gasteiger partial charge in [-0.05, 0) is 36.1 Å². The van der Waals surface area contributed by atoms with Crippen LogP contribution in [0.3, 0.4) is 0 Å². The molecule has 2 aromatic carbocycles. The van der Waals surface area contributed by atoms with Gasteiger partial charge in [0.05, 0.1) is 5.41 Å². The number of halogens is 2. The molecule has 1 saturated carbocycles. The number of nitrogens with two attached hydrogens (primary N) is 1. The zero-order valence-corrected chi connectivity index (χ0v) is 14.2. The Kier molecular flexibility index (Phi) is 5.69. The van der Waals surface area contributed by atoms with Gasteiger partial charge in [-0.15, -0.1) is 12.4 Å². The minimum absolute atomic E-state index is 0. The smallest absolute Gasteiger partial charge is 0.230 e. The van der Waals surface area contributed by atoms with Crippen molar-refractivity contribution in [2.45, 2.75) is 24.3 Å². The van der Waals surface area contributed by atoms with Gasteiger partial charge in [0.1, 0.15) is 0 Å². The van der Waals surface area contributed by atoms with Crippen LogP contribution in [0.4, 0.5) is 0 Å². The second-order valence-electron chi connectivity index (χ2n) is 5.82. The summed E-state index contributed by atoms with van der Waals surface area (Å²) in [7, 11) is 0.